The van der Waals surface area contributed by atoms with Crippen molar-refractivity contribution < 1.29 is 19.0 Å². The number of primary amides is 1. The number of nitrogens with zero attached hydrogens (tertiary/aromatic N) is 2. The number of carbonyl (C=O) groups excluding carboxylic acids is 1. The second-order valence-electron chi connectivity index (χ2n) is 7.73. The van der Waals surface area contributed by atoms with Gasteiger partial charge in [-0.25, -0.2) is 0 Å². The SMILES string of the molecule is CCN(CC)c1ccc(-c2cc(C(N)=O)c(C)n2Cc2cc(OC)c(OC)c(OC)c2)cc1. The predicted octanol–water partition coefficient (Wildman–Crippen LogP) is 4.48. The monoisotopic (exact) mass is 451 g/mol. The molecule has 0 radical (unpaired) electrons. The maximum atomic E-state index is 12.1. The van der Waals surface area contributed by atoms with Gasteiger partial charge in [0.2, 0.25) is 5.75 Å². The zero-order chi connectivity index (χ0) is 24.1. The van der Waals surface area contributed by atoms with Crippen molar-refractivity contribution >= 4 is 11.6 Å². The molecule has 3 aromatic rings. The molecular formula is C26H33N3O4. The van der Waals surface area contributed by atoms with Gasteiger partial charge in [0.05, 0.1) is 26.9 Å². The Balaban J connectivity index is 2.09. The minimum Gasteiger partial charge on any atom is -0.493 e. The molecule has 0 bridgehead atoms. The first-order valence-corrected chi connectivity index (χ1v) is 11.0. The van der Waals surface area contributed by atoms with E-state index < -0.39 is 5.91 Å². The van der Waals surface area contributed by atoms with Gasteiger partial charge in [0.1, 0.15) is 0 Å². The van der Waals surface area contributed by atoms with Crippen LogP contribution >= 0.6 is 0 Å². The van der Waals surface area contributed by atoms with Gasteiger partial charge in [0.25, 0.3) is 5.91 Å². The molecule has 3 rings (SSSR count). The summed E-state index contributed by atoms with van der Waals surface area (Å²) in [7, 11) is 4.77. The molecule has 0 fully saturated rings. The Hall–Kier alpha value is -3.61. The van der Waals surface area contributed by atoms with Crippen LogP contribution < -0.4 is 24.8 Å². The molecule has 2 aromatic carbocycles. The van der Waals surface area contributed by atoms with Crippen molar-refractivity contribution in [2.24, 2.45) is 5.73 Å². The molecule has 7 nitrogen and oxygen atoms in total. The second-order valence-corrected chi connectivity index (χ2v) is 7.73. The van der Waals surface area contributed by atoms with Crippen LogP contribution in [0.15, 0.2) is 42.5 Å². The molecular weight excluding hydrogens is 418 g/mol. The summed E-state index contributed by atoms with van der Waals surface area (Å²) in [6.07, 6.45) is 0. The topological polar surface area (TPSA) is 79.0 Å². The first kappa shape index (κ1) is 24.0. The highest BCUT2D eigenvalue weighted by atomic mass is 16.5. The Kier molecular flexibility index (Phi) is 7.53. The van der Waals surface area contributed by atoms with E-state index in [4.69, 9.17) is 19.9 Å². The summed E-state index contributed by atoms with van der Waals surface area (Å²) in [5.74, 6) is 1.25. The Morgan fingerprint density at radius 3 is 1.97 bits per heavy atom. The molecule has 2 N–H and O–H groups in total. The fraction of sp³-hybridized carbons (Fsp3) is 0.346. The third-order valence-corrected chi connectivity index (χ3v) is 5.99. The van der Waals surface area contributed by atoms with Gasteiger partial charge < -0.3 is 29.4 Å². The fourth-order valence-electron chi connectivity index (χ4n) is 4.18. The van der Waals surface area contributed by atoms with E-state index in [0.717, 1.165) is 35.6 Å². The van der Waals surface area contributed by atoms with E-state index in [-0.39, 0.29) is 0 Å². The first-order chi connectivity index (χ1) is 15.9. The molecule has 0 saturated carbocycles. The average Bonchev–Trinajstić information content (AvgIpc) is 3.15. The second kappa shape index (κ2) is 10.3. The first-order valence-electron chi connectivity index (χ1n) is 11.0. The number of ether oxygens (including phenoxy) is 3. The number of benzene rings is 2. The van der Waals surface area contributed by atoms with Gasteiger partial charge >= 0.3 is 0 Å². The summed E-state index contributed by atoms with van der Waals surface area (Å²) in [6, 6.07) is 14.1. The van der Waals surface area contributed by atoms with Gasteiger partial charge in [-0.15, -0.1) is 0 Å². The highest BCUT2D eigenvalue weighted by Gasteiger charge is 2.19. The summed E-state index contributed by atoms with van der Waals surface area (Å²) < 4.78 is 18.6. The Labute approximate surface area is 195 Å². The van der Waals surface area contributed by atoms with Crippen LogP contribution in [0.4, 0.5) is 5.69 Å². The van der Waals surface area contributed by atoms with Crippen molar-refractivity contribution in [2.45, 2.75) is 27.3 Å². The lowest BCUT2D eigenvalue weighted by molar-refractivity contribution is 0.0999. The largest absolute Gasteiger partial charge is 0.493 e. The molecule has 1 heterocycles. The number of hydrogen-bond acceptors (Lipinski definition) is 5. The Morgan fingerprint density at radius 2 is 1.52 bits per heavy atom. The van der Waals surface area contributed by atoms with Gasteiger partial charge in [-0.3, -0.25) is 4.79 Å². The zero-order valence-electron chi connectivity index (χ0n) is 20.3. The molecule has 0 aliphatic carbocycles. The van der Waals surface area contributed by atoms with Crippen LogP contribution in [0.5, 0.6) is 17.2 Å². The lowest BCUT2D eigenvalue weighted by atomic mass is 10.1. The molecule has 0 aliphatic rings. The van der Waals surface area contributed by atoms with Crippen LogP contribution in [0.1, 0.15) is 35.5 Å². The summed E-state index contributed by atoms with van der Waals surface area (Å²) in [5, 5.41) is 0. The van der Waals surface area contributed by atoms with Crippen molar-refractivity contribution in [1.82, 2.24) is 4.57 Å². The van der Waals surface area contributed by atoms with Crippen LogP contribution in [0.2, 0.25) is 0 Å². The van der Waals surface area contributed by atoms with Crippen LogP contribution in [0.3, 0.4) is 0 Å². The maximum absolute atomic E-state index is 12.1. The predicted molar refractivity (Wildman–Crippen MR) is 132 cm³/mol. The summed E-state index contributed by atoms with van der Waals surface area (Å²) >= 11 is 0. The lowest BCUT2D eigenvalue weighted by Gasteiger charge is -2.21. The molecule has 0 atom stereocenters. The van der Waals surface area contributed by atoms with E-state index >= 15 is 0 Å². The van der Waals surface area contributed by atoms with Crippen molar-refractivity contribution in [3.05, 3.63) is 59.3 Å². The average molecular weight is 452 g/mol. The van der Waals surface area contributed by atoms with Crippen molar-refractivity contribution in [1.29, 1.82) is 0 Å². The van der Waals surface area contributed by atoms with Gasteiger partial charge in [0.15, 0.2) is 11.5 Å². The number of rotatable bonds is 10. The third kappa shape index (κ3) is 4.77. The summed E-state index contributed by atoms with van der Waals surface area (Å²) in [5.41, 5.74) is 11.0. The van der Waals surface area contributed by atoms with Crippen molar-refractivity contribution in [3.8, 4) is 28.5 Å². The number of nitrogens with two attached hydrogens (primary N) is 1. The minimum absolute atomic E-state index is 0.447. The van der Waals surface area contributed by atoms with Gasteiger partial charge in [-0.05, 0) is 62.2 Å². The number of hydrogen-bond donors (Lipinski definition) is 1. The van der Waals surface area contributed by atoms with E-state index in [1.165, 1.54) is 5.69 Å². The number of methoxy groups -OCH3 is 3. The van der Waals surface area contributed by atoms with E-state index in [1.54, 1.807) is 21.3 Å². The molecule has 33 heavy (non-hydrogen) atoms. The van der Waals surface area contributed by atoms with E-state index in [9.17, 15) is 4.79 Å². The van der Waals surface area contributed by atoms with Crippen LogP contribution in [0.25, 0.3) is 11.3 Å². The fourth-order valence-corrected chi connectivity index (χ4v) is 4.18. The molecule has 0 aliphatic heterocycles. The quantitative estimate of drug-likeness (QED) is 0.492. The van der Waals surface area contributed by atoms with Gasteiger partial charge in [-0.2, -0.15) is 0 Å². The van der Waals surface area contributed by atoms with Crippen LogP contribution in [-0.2, 0) is 6.54 Å². The zero-order valence-corrected chi connectivity index (χ0v) is 20.3. The van der Waals surface area contributed by atoms with Crippen molar-refractivity contribution in [3.63, 3.8) is 0 Å². The number of amides is 1. The van der Waals surface area contributed by atoms with Gasteiger partial charge in [-0.1, -0.05) is 12.1 Å². The Morgan fingerprint density at radius 1 is 0.939 bits per heavy atom. The lowest BCUT2D eigenvalue weighted by Crippen LogP contribution is -2.21. The third-order valence-electron chi connectivity index (χ3n) is 5.99. The van der Waals surface area contributed by atoms with Gasteiger partial charge in [0, 0.05) is 36.7 Å². The van der Waals surface area contributed by atoms with E-state index in [0.29, 0.717) is 29.4 Å². The van der Waals surface area contributed by atoms with E-state index in [2.05, 4.69) is 47.6 Å². The molecule has 1 amide bonds. The van der Waals surface area contributed by atoms with Crippen LogP contribution in [-0.4, -0.2) is 44.9 Å². The van der Waals surface area contributed by atoms with Crippen molar-refractivity contribution in [2.75, 3.05) is 39.3 Å². The summed E-state index contributed by atoms with van der Waals surface area (Å²) in [6.45, 7) is 8.58. The molecule has 176 valence electrons. The number of carbonyl (C=O) groups is 1. The molecule has 0 spiro atoms. The normalized spacial score (nSPS) is 10.7. The molecule has 1 aromatic heterocycles. The smallest absolute Gasteiger partial charge is 0.250 e. The van der Waals surface area contributed by atoms with Crippen LogP contribution in [0, 0.1) is 6.92 Å². The standard InChI is InChI=1S/C26H33N3O4/c1-7-28(8-2)20-11-9-19(10-12-20)22-15-21(26(27)30)17(3)29(22)16-18-13-23(31-4)25(33-6)24(14-18)32-5/h9-15H,7-8,16H2,1-6H3,(H2,27,30). The highest BCUT2D eigenvalue weighted by Crippen LogP contribution is 2.39. The molecule has 0 unspecified atom stereocenters. The number of aromatic nitrogens is 1. The number of anilines is 1. The minimum atomic E-state index is -0.447. The highest BCUT2D eigenvalue weighted by molar-refractivity contribution is 5.95. The Bertz CT molecular complexity index is 1090. The maximum Gasteiger partial charge on any atom is 0.250 e. The molecule has 0 saturated heterocycles. The summed E-state index contributed by atoms with van der Waals surface area (Å²) in [4.78, 5) is 14.4. The molecule has 7 heteroatoms. The van der Waals surface area contributed by atoms with E-state index in [1.807, 2.05) is 25.1 Å².